The molecule has 0 bridgehead atoms. The summed E-state index contributed by atoms with van der Waals surface area (Å²) in [6, 6.07) is 18.0. The van der Waals surface area contributed by atoms with Crippen LogP contribution in [0.4, 0.5) is 13.2 Å². The summed E-state index contributed by atoms with van der Waals surface area (Å²) in [6.07, 6.45) is -4.71. The molecule has 10 heteroatoms. The summed E-state index contributed by atoms with van der Waals surface area (Å²) in [5.41, 5.74) is -0.720. The SMILES string of the molecule is C[C@@H](COc1ccccc1)NC(=O)c1nn2c(C(F)(F)F)cc(-c3ccccc3)nc2c1Br. The zero-order valence-corrected chi connectivity index (χ0v) is 18.9. The highest BCUT2D eigenvalue weighted by Crippen LogP contribution is 2.34. The molecule has 0 saturated heterocycles. The standard InChI is InChI=1S/C23H18BrF3N4O2/c1-14(13-33-16-10-6-3-7-11-16)28-22(32)20-19(24)21-29-17(15-8-4-2-5-9-15)12-18(23(25,26)27)31(21)30-20/h2-12,14H,13H2,1H3,(H,28,32)/t14-/m0/s1. The molecule has 0 fully saturated rings. The molecule has 6 nitrogen and oxygen atoms in total. The van der Waals surface area contributed by atoms with E-state index in [2.05, 4.69) is 31.3 Å². The molecule has 2 aromatic carbocycles. The first-order valence-electron chi connectivity index (χ1n) is 9.94. The first-order valence-corrected chi connectivity index (χ1v) is 10.7. The molecule has 33 heavy (non-hydrogen) atoms. The van der Waals surface area contributed by atoms with Crippen molar-refractivity contribution in [2.24, 2.45) is 0 Å². The number of para-hydroxylation sites is 1. The molecule has 1 atom stereocenters. The number of alkyl halides is 3. The van der Waals surface area contributed by atoms with Crippen LogP contribution in [0.25, 0.3) is 16.9 Å². The molecule has 0 aliphatic carbocycles. The lowest BCUT2D eigenvalue weighted by Crippen LogP contribution is -2.37. The summed E-state index contributed by atoms with van der Waals surface area (Å²) >= 11 is 3.22. The molecular weight excluding hydrogens is 501 g/mol. The Bertz CT molecular complexity index is 1280. The van der Waals surface area contributed by atoms with Crippen LogP contribution in [-0.2, 0) is 6.18 Å². The number of benzene rings is 2. The second-order valence-electron chi connectivity index (χ2n) is 7.29. The van der Waals surface area contributed by atoms with Gasteiger partial charge in [-0.15, -0.1) is 0 Å². The van der Waals surface area contributed by atoms with Gasteiger partial charge < -0.3 is 10.1 Å². The minimum Gasteiger partial charge on any atom is -0.491 e. The van der Waals surface area contributed by atoms with Gasteiger partial charge in [0.25, 0.3) is 5.91 Å². The summed E-state index contributed by atoms with van der Waals surface area (Å²) < 4.78 is 47.7. The largest absolute Gasteiger partial charge is 0.491 e. The summed E-state index contributed by atoms with van der Waals surface area (Å²) in [5.74, 6) is -0.00843. The Morgan fingerprint density at radius 2 is 1.76 bits per heavy atom. The number of halogens is 4. The molecule has 0 aliphatic heterocycles. The van der Waals surface area contributed by atoms with Crippen molar-refractivity contribution in [3.63, 3.8) is 0 Å². The lowest BCUT2D eigenvalue weighted by atomic mass is 10.1. The van der Waals surface area contributed by atoms with Gasteiger partial charge in [-0.05, 0) is 41.1 Å². The maximum absolute atomic E-state index is 13.8. The van der Waals surface area contributed by atoms with Crippen LogP contribution in [0.15, 0.2) is 71.2 Å². The molecule has 170 valence electrons. The Morgan fingerprint density at radius 3 is 2.39 bits per heavy atom. The summed E-state index contributed by atoms with van der Waals surface area (Å²) in [7, 11) is 0. The number of carbonyl (C=O) groups excluding carboxylic acids is 1. The van der Waals surface area contributed by atoms with Crippen molar-refractivity contribution >= 4 is 27.5 Å². The minimum atomic E-state index is -4.71. The molecule has 0 spiro atoms. The van der Waals surface area contributed by atoms with Gasteiger partial charge in [0.15, 0.2) is 17.0 Å². The molecule has 0 aliphatic rings. The molecule has 0 saturated carbocycles. The van der Waals surface area contributed by atoms with Crippen LogP contribution in [0, 0.1) is 0 Å². The fourth-order valence-electron chi connectivity index (χ4n) is 3.17. The second kappa shape index (κ2) is 9.22. The lowest BCUT2D eigenvalue weighted by Gasteiger charge is -2.14. The Labute approximate surface area is 195 Å². The Balaban J connectivity index is 1.64. The van der Waals surface area contributed by atoms with E-state index in [1.165, 1.54) is 0 Å². The van der Waals surface area contributed by atoms with Gasteiger partial charge in [0.1, 0.15) is 12.4 Å². The first-order chi connectivity index (χ1) is 15.7. The summed E-state index contributed by atoms with van der Waals surface area (Å²) in [4.78, 5) is 17.1. The normalized spacial score (nSPS) is 12.5. The average molecular weight is 519 g/mol. The van der Waals surface area contributed by atoms with E-state index in [1.54, 1.807) is 49.4 Å². The number of amides is 1. The summed E-state index contributed by atoms with van der Waals surface area (Å²) in [6.45, 7) is 1.89. The Morgan fingerprint density at radius 1 is 1.12 bits per heavy atom. The van der Waals surface area contributed by atoms with Gasteiger partial charge in [0.2, 0.25) is 0 Å². The molecule has 1 amide bonds. The Hall–Kier alpha value is -3.40. The molecular formula is C23H18BrF3N4O2. The van der Waals surface area contributed by atoms with Crippen LogP contribution in [0.5, 0.6) is 5.75 Å². The number of aromatic nitrogens is 3. The van der Waals surface area contributed by atoms with E-state index in [0.717, 1.165) is 6.07 Å². The van der Waals surface area contributed by atoms with E-state index in [9.17, 15) is 18.0 Å². The third-order valence-corrected chi connectivity index (χ3v) is 5.46. The number of hydrogen-bond donors (Lipinski definition) is 1. The van der Waals surface area contributed by atoms with Crippen LogP contribution in [0.3, 0.4) is 0 Å². The number of rotatable bonds is 6. The van der Waals surface area contributed by atoms with E-state index < -0.39 is 23.8 Å². The van der Waals surface area contributed by atoms with E-state index in [-0.39, 0.29) is 28.1 Å². The van der Waals surface area contributed by atoms with Gasteiger partial charge in [0.05, 0.1) is 16.2 Å². The fraction of sp³-hybridized carbons (Fsp3) is 0.174. The second-order valence-corrected chi connectivity index (χ2v) is 8.08. The highest BCUT2D eigenvalue weighted by Gasteiger charge is 2.36. The molecule has 1 N–H and O–H groups in total. The van der Waals surface area contributed by atoms with Crippen LogP contribution >= 0.6 is 15.9 Å². The van der Waals surface area contributed by atoms with Gasteiger partial charge in [-0.2, -0.15) is 18.3 Å². The summed E-state index contributed by atoms with van der Waals surface area (Å²) in [5, 5.41) is 6.61. The monoisotopic (exact) mass is 518 g/mol. The number of nitrogens with zero attached hydrogens (tertiary/aromatic N) is 3. The number of nitrogens with one attached hydrogen (secondary N) is 1. The molecule has 4 aromatic rings. The number of fused-ring (bicyclic) bond motifs is 1. The third-order valence-electron chi connectivity index (χ3n) is 4.73. The number of hydrogen-bond acceptors (Lipinski definition) is 4. The van der Waals surface area contributed by atoms with Gasteiger partial charge >= 0.3 is 6.18 Å². The van der Waals surface area contributed by atoms with Crippen molar-refractivity contribution in [2.75, 3.05) is 6.61 Å². The lowest BCUT2D eigenvalue weighted by molar-refractivity contribution is -0.142. The van der Waals surface area contributed by atoms with Gasteiger partial charge in [-0.25, -0.2) is 9.50 Å². The smallest absolute Gasteiger partial charge is 0.433 e. The molecule has 0 radical (unpaired) electrons. The molecule has 4 rings (SSSR count). The first kappa shape index (κ1) is 22.8. The van der Waals surface area contributed by atoms with E-state index in [4.69, 9.17) is 4.74 Å². The molecule has 2 aromatic heterocycles. The third kappa shape index (κ3) is 5.00. The van der Waals surface area contributed by atoms with Crippen molar-refractivity contribution in [3.05, 3.63) is 82.6 Å². The van der Waals surface area contributed by atoms with Crippen LogP contribution in [0.1, 0.15) is 23.1 Å². The van der Waals surface area contributed by atoms with E-state index in [0.29, 0.717) is 15.8 Å². The predicted octanol–water partition coefficient (Wildman–Crippen LogP) is 5.37. The fourth-order valence-corrected chi connectivity index (χ4v) is 3.68. The maximum Gasteiger partial charge on any atom is 0.433 e. The highest BCUT2D eigenvalue weighted by molar-refractivity contribution is 9.10. The van der Waals surface area contributed by atoms with Crippen molar-refractivity contribution in [1.29, 1.82) is 0 Å². The van der Waals surface area contributed by atoms with Crippen molar-refractivity contribution in [3.8, 4) is 17.0 Å². The van der Waals surface area contributed by atoms with Crippen molar-refractivity contribution in [1.82, 2.24) is 19.9 Å². The van der Waals surface area contributed by atoms with Gasteiger partial charge in [-0.3, -0.25) is 4.79 Å². The van der Waals surface area contributed by atoms with Crippen molar-refractivity contribution in [2.45, 2.75) is 19.1 Å². The van der Waals surface area contributed by atoms with Crippen molar-refractivity contribution < 1.29 is 22.7 Å². The van der Waals surface area contributed by atoms with Crippen LogP contribution in [-0.4, -0.2) is 33.2 Å². The average Bonchev–Trinajstić information content (AvgIpc) is 3.14. The van der Waals surface area contributed by atoms with Crippen LogP contribution in [0.2, 0.25) is 0 Å². The van der Waals surface area contributed by atoms with Crippen LogP contribution < -0.4 is 10.1 Å². The highest BCUT2D eigenvalue weighted by atomic mass is 79.9. The van der Waals surface area contributed by atoms with Gasteiger partial charge in [-0.1, -0.05) is 48.5 Å². The number of carbonyl (C=O) groups is 1. The molecule has 0 unspecified atom stereocenters. The minimum absolute atomic E-state index is 0.0689. The predicted molar refractivity (Wildman–Crippen MR) is 120 cm³/mol. The van der Waals surface area contributed by atoms with Gasteiger partial charge in [0, 0.05) is 5.56 Å². The number of ether oxygens (including phenoxy) is 1. The Kier molecular flexibility index (Phi) is 6.37. The van der Waals surface area contributed by atoms with E-state index >= 15 is 0 Å². The topological polar surface area (TPSA) is 68.5 Å². The van der Waals surface area contributed by atoms with E-state index in [1.807, 2.05) is 18.2 Å². The quantitative estimate of drug-likeness (QED) is 0.372. The zero-order valence-electron chi connectivity index (χ0n) is 17.3. The molecule has 2 heterocycles. The zero-order chi connectivity index (χ0) is 23.6. The maximum atomic E-state index is 13.8.